The lowest BCUT2D eigenvalue weighted by Crippen LogP contribution is -2.53. The van der Waals surface area contributed by atoms with Gasteiger partial charge in [-0.1, -0.05) is 0 Å². The fourth-order valence-electron chi connectivity index (χ4n) is 4.05. The van der Waals surface area contributed by atoms with Gasteiger partial charge in [0.05, 0.1) is 0 Å². The van der Waals surface area contributed by atoms with Crippen LogP contribution < -0.4 is 4.74 Å². The Labute approximate surface area is 166 Å². The number of halogens is 2. The minimum absolute atomic E-state index is 0.184. The van der Waals surface area contributed by atoms with Gasteiger partial charge in [-0.15, -0.1) is 0 Å². The Morgan fingerprint density at radius 2 is 1.90 bits per heavy atom. The number of benzene rings is 1. The Bertz CT molecular complexity index is 1020. The summed E-state index contributed by atoms with van der Waals surface area (Å²) in [5.74, 6) is -5.17. The van der Waals surface area contributed by atoms with Crippen LogP contribution in [0.15, 0.2) is 17.0 Å². The molecule has 10 heteroatoms. The molecule has 0 heterocycles. The Hall–Kier alpha value is -2.20. The molecule has 158 valence electrons. The van der Waals surface area contributed by atoms with Crippen LogP contribution in [0.4, 0.5) is 8.78 Å². The maximum absolute atomic E-state index is 13.1. The second kappa shape index (κ2) is 6.94. The first kappa shape index (κ1) is 21.5. The summed E-state index contributed by atoms with van der Waals surface area (Å²) in [7, 11) is -2.61. The van der Waals surface area contributed by atoms with Gasteiger partial charge in [0.1, 0.15) is 22.2 Å². The third-order valence-electron chi connectivity index (χ3n) is 5.83. The molecule has 0 N–H and O–H groups in total. The highest BCUT2D eigenvalue weighted by atomic mass is 32.2. The predicted molar refractivity (Wildman–Crippen MR) is 95.8 cm³/mol. The van der Waals surface area contributed by atoms with Crippen LogP contribution >= 0.6 is 0 Å². The fraction of sp³-hybridized carbons (Fsp3) is 0.526. The van der Waals surface area contributed by atoms with Crippen molar-refractivity contribution in [3.63, 3.8) is 0 Å². The van der Waals surface area contributed by atoms with Crippen LogP contribution in [-0.4, -0.2) is 51.3 Å². The zero-order chi connectivity index (χ0) is 21.9. The first-order valence-electron chi connectivity index (χ1n) is 8.80. The number of rotatable bonds is 6. The highest BCUT2D eigenvalue weighted by molar-refractivity contribution is 7.90. The quantitative estimate of drug-likeness (QED) is 0.502. The summed E-state index contributed by atoms with van der Waals surface area (Å²) in [6.45, 7) is -0.577. The molecule has 2 aliphatic carbocycles. The largest absolute Gasteiger partial charge is 0.433 e. The van der Waals surface area contributed by atoms with Gasteiger partial charge < -0.3 is 9.47 Å². The Kier molecular flexibility index (Phi) is 5.15. The molecule has 0 aromatic heterocycles. The third-order valence-corrected chi connectivity index (χ3v) is 6.95. The van der Waals surface area contributed by atoms with Crippen molar-refractivity contribution in [1.29, 1.82) is 0 Å². The van der Waals surface area contributed by atoms with Crippen LogP contribution in [0.3, 0.4) is 0 Å². The van der Waals surface area contributed by atoms with Crippen molar-refractivity contribution in [2.45, 2.75) is 37.4 Å². The molecule has 0 spiro atoms. The van der Waals surface area contributed by atoms with E-state index >= 15 is 0 Å². The van der Waals surface area contributed by atoms with Gasteiger partial charge in [-0.3, -0.25) is 14.4 Å². The van der Waals surface area contributed by atoms with Gasteiger partial charge in [0, 0.05) is 36.3 Å². The van der Waals surface area contributed by atoms with Crippen LogP contribution in [-0.2, 0) is 24.2 Å². The highest BCUT2D eigenvalue weighted by Gasteiger charge is 2.66. The maximum atomic E-state index is 13.1. The Balaban J connectivity index is 2.10. The maximum Gasteiger partial charge on any atom is 0.387 e. The summed E-state index contributed by atoms with van der Waals surface area (Å²) < 4.78 is 59.2. The normalized spacial score (nSPS) is 29.0. The van der Waals surface area contributed by atoms with Gasteiger partial charge in [0.2, 0.25) is 0 Å². The number of methoxy groups -OCH3 is 1. The first-order chi connectivity index (χ1) is 13.3. The van der Waals surface area contributed by atoms with E-state index in [2.05, 4.69) is 4.74 Å². The number of ketones is 3. The average molecular weight is 430 g/mol. The molecule has 0 bridgehead atoms. The fourth-order valence-corrected chi connectivity index (χ4v) is 4.90. The average Bonchev–Trinajstić information content (AvgIpc) is 3.42. The molecular formula is C19H20F2O7S. The molecule has 2 aliphatic rings. The third kappa shape index (κ3) is 3.38. The van der Waals surface area contributed by atoms with Crippen molar-refractivity contribution >= 4 is 27.2 Å². The van der Waals surface area contributed by atoms with Gasteiger partial charge in [0.15, 0.2) is 27.2 Å². The van der Waals surface area contributed by atoms with Crippen LogP contribution in [0.1, 0.15) is 29.3 Å². The topological polar surface area (TPSA) is 104 Å². The van der Waals surface area contributed by atoms with Gasteiger partial charge in [-0.25, -0.2) is 8.42 Å². The molecule has 0 amide bonds. The van der Waals surface area contributed by atoms with Crippen LogP contribution in [0.5, 0.6) is 5.75 Å². The summed E-state index contributed by atoms with van der Waals surface area (Å²) in [5, 5.41) is 0. The van der Waals surface area contributed by atoms with Gasteiger partial charge in [-0.2, -0.15) is 8.78 Å². The molecule has 0 radical (unpaired) electrons. The van der Waals surface area contributed by atoms with E-state index in [4.69, 9.17) is 4.74 Å². The Morgan fingerprint density at radius 1 is 1.28 bits per heavy atom. The van der Waals surface area contributed by atoms with E-state index in [1.165, 1.54) is 21.0 Å². The number of Topliss-reactive ketones (excluding diaryl/α,β-unsaturated/α-hetero) is 3. The van der Waals surface area contributed by atoms with Crippen LogP contribution in [0.25, 0.3) is 0 Å². The number of hydrogen-bond donors (Lipinski definition) is 0. The van der Waals surface area contributed by atoms with E-state index in [1.807, 2.05) is 0 Å². The summed E-state index contributed by atoms with van der Waals surface area (Å²) in [6.07, 6.45) is 1.25. The van der Waals surface area contributed by atoms with Crippen molar-refractivity contribution < 1.29 is 41.1 Å². The van der Waals surface area contributed by atoms with E-state index in [0.717, 1.165) is 18.4 Å². The van der Waals surface area contributed by atoms with Crippen molar-refractivity contribution in [2.75, 3.05) is 13.4 Å². The minimum atomic E-state index is -3.94. The smallest absolute Gasteiger partial charge is 0.387 e. The van der Waals surface area contributed by atoms with Gasteiger partial charge >= 0.3 is 6.61 Å². The SMILES string of the molecule is COC1(C)C(=O)C(C(=O)c2ccc(S(C)(=O)=O)c(OC(F)F)c2C)C(=O)C2CC21. The lowest BCUT2D eigenvalue weighted by Gasteiger charge is -2.34. The predicted octanol–water partition coefficient (Wildman–Crippen LogP) is 1.99. The van der Waals surface area contributed by atoms with Gasteiger partial charge in [-0.05, 0) is 32.4 Å². The van der Waals surface area contributed by atoms with Crippen LogP contribution in [0, 0.1) is 24.7 Å². The summed E-state index contributed by atoms with van der Waals surface area (Å²) in [4.78, 5) is 38.2. The zero-order valence-corrected chi connectivity index (χ0v) is 17.0. The summed E-state index contributed by atoms with van der Waals surface area (Å²) >= 11 is 0. The lowest BCUT2D eigenvalue weighted by molar-refractivity contribution is -0.153. The highest BCUT2D eigenvalue weighted by Crippen LogP contribution is 2.55. The van der Waals surface area contributed by atoms with E-state index in [9.17, 15) is 31.6 Å². The standard InChI is InChI=1S/C19H20F2O7S/c1-8-9(5-6-12(29(4,25)26)16(8)28-18(20)21)14(22)13-15(23)10-7-11(10)19(2,27-3)17(13)24/h5-6,10-11,13,18H,7H2,1-4H3. The van der Waals surface area contributed by atoms with Crippen molar-refractivity contribution in [2.24, 2.45) is 17.8 Å². The molecule has 4 unspecified atom stereocenters. The molecule has 3 rings (SSSR count). The molecule has 7 nitrogen and oxygen atoms in total. The number of ether oxygens (including phenoxy) is 2. The molecule has 2 saturated carbocycles. The molecule has 1 aromatic rings. The number of alkyl halides is 2. The van der Waals surface area contributed by atoms with Crippen LogP contribution in [0.2, 0.25) is 0 Å². The molecule has 2 fully saturated rings. The first-order valence-corrected chi connectivity index (χ1v) is 10.7. The number of carbonyl (C=O) groups is 3. The second-order valence-corrected chi connectivity index (χ2v) is 9.52. The van der Waals surface area contributed by atoms with E-state index in [-0.39, 0.29) is 17.0 Å². The number of hydrogen-bond acceptors (Lipinski definition) is 7. The monoisotopic (exact) mass is 430 g/mol. The minimum Gasteiger partial charge on any atom is -0.433 e. The molecule has 29 heavy (non-hydrogen) atoms. The zero-order valence-electron chi connectivity index (χ0n) is 16.2. The van der Waals surface area contributed by atoms with Crippen molar-refractivity contribution in [1.82, 2.24) is 0 Å². The molecule has 4 atom stereocenters. The number of fused-ring (bicyclic) bond motifs is 1. The number of sulfone groups is 1. The lowest BCUT2D eigenvalue weighted by atomic mass is 9.73. The molecule has 1 aromatic carbocycles. The second-order valence-electron chi connectivity index (χ2n) is 7.54. The molecular weight excluding hydrogens is 410 g/mol. The van der Waals surface area contributed by atoms with E-state index in [1.54, 1.807) is 0 Å². The molecule has 0 aliphatic heterocycles. The van der Waals surface area contributed by atoms with E-state index < -0.39 is 61.9 Å². The summed E-state index contributed by atoms with van der Waals surface area (Å²) in [6, 6.07) is 2.07. The summed E-state index contributed by atoms with van der Waals surface area (Å²) in [5.41, 5.74) is -1.70. The van der Waals surface area contributed by atoms with Crippen molar-refractivity contribution in [3.8, 4) is 5.75 Å². The van der Waals surface area contributed by atoms with Gasteiger partial charge in [0.25, 0.3) is 0 Å². The molecule has 0 saturated heterocycles. The number of carbonyl (C=O) groups excluding carboxylic acids is 3. The van der Waals surface area contributed by atoms with Crippen molar-refractivity contribution in [3.05, 3.63) is 23.3 Å². The van der Waals surface area contributed by atoms with E-state index in [0.29, 0.717) is 6.42 Å². The Morgan fingerprint density at radius 3 is 2.41 bits per heavy atom.